The molecule has 4 rings (SSSR count). The first kappa shape index (κ1) is 19.2. The van der Waals surface area contributed by atoms with Gasteiger partial charge in [0.1, 0.15) is 0 Å². The molecule has 0 spiro atoms. The SMILES string of the molecule is Cc1ccc2[nH]c(=O)c(CNC(=O)Cc3ccc(N4CCOCC4)cc3)cc2c1. The number of nitrogens with zero attached hydrogens (tertiary/aromatic N) is 1. The topological polar surface area (TPSA) is 74.4 Å². The molecule has 6 heteroatoms. The van der Waals surface area contributed by atoms with Gasteiger partial charge in [0.05, 0.1) is 19.6 Å². The number of anilines is 1. The number of amides is 1. The fraction of sp³-hybridized carbons (Fsp3) is 0.304. The highest BCUT2D eigenvalue weighted by Crippen LogP contribution is 2.17. The third kappa shape index (κ3) is 4.66. The van der Waals surface area contributed by atoms with Crippen molar-refractivity contribution in [3.05, 3.63) is 75.6 Å². The summed E-state index contributed by atoms with van der Waals surface area (Å²) >= 11 is 0. The molecule has 0 radical (unpaired) electrons. The second-order valence-electron chi connectivity index (χ2n) is 7.43. The van der Waals surface area contributed by atoms with Gasteiger partial charge in [-0.15, -0.1) is 0 Å². The van der Waals surface area contributed by atoms with Gasteiger partial charge in [-0.3, -0.25) is 9.59 Å². The monoisotopic (exact) mass is 391 g/mol. The lowest BCUT2D eigenvalue weighted by molar-refractivity contribution is -0.120. The van der Waals surface area contributed by atoms with Crippen LogP contribution in [-0.2, 0) is 22.5 Å². The molecule has 0 aliphatic carbocycles. The van der Waals surface area contributed by atoms with Gasteiger partial charge in [0.15, 0.2) is 0 Å². The number of hydrogen-bond acceptors (Lipinski definition) is 4. The van der Waals surface area contributed by atoms with E-state index in [1.165, 1.54) is 0 Å². The first-order valence-corrected chi connectivity index (χ1v) is 9.89. The maximum atomic E-state index is 12.4. The highest BCUT2D eigenvalue weighted by Gasteiger charge is 2.12. The van der Waals surface area contributed by atoms with Crippen molar-refractivity contribution in [1.82, 2.24) is 10.3 Å². The summed E-state index contributed by atoms with van der Waals surface area (Å²) in [5.41, 5.74) is 4.41. The molecule has 2 heterocycles. The van der Waals surface area contributed by atoms with Crippen molar-refractivity contribution in [1.29, 1.82) is 0 Å². The zero-order valence-electron chi connectivity index (χ0n) is 16.5. The highest BCUT2D eigenvalue weighted by atomic mass is 16.5. The first-order chi connectivity index (χ1) is 14.1. The quantitative estimate of drug-likeness (QED) is 0.701. The summed E-state index contributed by atoms with van der Waals surface area (Å²) in [6.45, 7) is 5.49. The molecule has 0 bridgehead atoms. The van der Waals surface area contributed by atoms with E-state index in [9.17, 15) is 9.59 Å². The summed E-state index contributed by atoms with van der Waals surface area (Å²) in [4.78, 5) is 29.8. The van der Waals surface area contributed by atoms with Crippen molar-refractivity contribution in [2.24, 2.45) is 0 Å². The van der Waals surface area contributed by atoms with Gasteiger partial charge >= 0.3 is 0 Å². The molecule has 1 amide bonds. The Hall–Kier alpha value is -3.12. The summed E-state index contributed by atoms with van der Waals surface area (Å²) in [7, 11) is 0. The van der Waals surface area contributed by atoms with Crippen LogP contribution >= 0.6 is 0 Å². The van der Waals surface area contributed by atoms with Crippen molar-refractivity contribution in [3.63, 3.8) is 0 Å². The van der Waals surface area contributed by atoms with Crippen LogP contribution < -0.4 is 15.8 Å². The number of pyridine rings is 1. The Morgan fingerprint density at radius 1 is 1.10 bits per heavy atom. The van der Waals surface area contributed by atoms with Gasteiger partial charge in [-0.2, -0.15) is 0 Å². The molecule has 1 aliphatic rings. The molecule has 2 N–H and O–H groups in total. The van der Waals surface area contributed by atoms with Gasteiger partial charge in [-0.1, -0.05) is 23.8 Å². The normalized spacial score (nSPS) is 14.2. The van der Waals surface area contributed by atoms with Crippen molar-refractivity contribution in [2.45, 2.75) is 19.9 Å². The standard InChI is InChI=1S/C23H25N3O3/c1-16-2-7-21-18(12-16)14-19(23(28)25-21)15-24-22(27)13-17-3-5-20(6-4-17)26-8-10-29-11-9-26/h2-7,12,14H,8-11,13,15H2,1H3,(H,24,27)(H,25,28). The number of ether oxygens (including phenoxy) is 1. The number of carbonyl (C=O) groups is 1. The minimum absolute atomic E-state index is 0.104. The maximum absolute atomic E-state index is 12.4. The van der Waals surface area contributed by atoms with Crippen molar-refractivity contribution >= 4 is 22.5 Å². The van der Waals surface area contributed by atoms with Crippen LogP contribution in [0, 0.1) is 6.92 Å². The Morgan fingerprint density at radius 2 is 1.86 bits per heavy atom. The van der Waals surface area contributed by atoms with Crippen molar-refractivity contribution in [3.8, 4) is 0 Å². The van der Waals surface area contributed by atoms with Crippen LogP contribution in [0.5, 0.6) is 0 Å². The lowest BCUT2D eigenvalue weighted by atomic mass is 10.1. The summed E-state index contributed by atoms with van der Waals surface area (Å²) < 4.78 is 5.38. The fourth-order valence-electron chi connectivity index (χ4n) is 3.59. The minimum atomic E-state index is -0.170. The molecular formula is C23H25N3O3. The second kappa shape index (κ2) is 8.49. The zero-order chi connectivity index (χ0) is 20.2. The largest absolute Gasteiger partial charge is 0.378 e. The van der Waals surface area contributed by atoms with Crippen LogP contribution in [0.4, 0.5) is 5.69 Å². The molecule has 2 aromatic carbocycles. The molecule has 0 unspecified atom stereocenters. The predicted octanol–water partition coefficient (Wildman–Crippen LogP) is 2.53. The molecule has 150 valence electrons. The number of morpholine rings is 1. The molecule has 6 nitrogen and oxygen atoms in total. The van der Waals surface area contributed by atoms with Crippen LogP contribution in [0.2, 0.25) is 0 Å². The third-order valence-corrected chi connectivity index (χ3v) is 5.23. The number of aromatic nitrogens is 1. The van der Waals surface area contributed by atoms with Crippen LogP contribution in [0.1, 0.15) is 16.7 Å². The third-order valence-electron chi connectivity index (χ3n) is 5.23. The van der Waals surface area contributed by atoms with E-state index in [0.29, 0.717) is 5.56 Å². The minimum Gasteiger partial charge on any atom is -0.378 e. The van der Waals surface area contributed by atoms with E-state index in [4.69, 9.17) is 4.74 Å². The maximum Gasteiger partial charge on any atom is 0.253 e. The number of nitrogens with one attached hydrogen (secondary N) is 2. The molecular weight excluding hydrogens is 366 g/mol. The first-order valence-electron chi connectivity index (χ1n) is 9.89. The predicted molar refractivity (Wildman–Crippen MR) is 114 cm³/mol. The zero-order valence-corrected chi connectivity index (χ0v) is 16.5. The van der Waals surface area contributed by atoms with E-state index in [1.807, 2.05) is 55.5 Å². The van der Waals surface area contributed by atoms with E-state index in [-0.39, 0.29) is 24.4 Å². The molecule has 1 fully saturated rings. The number of carbonyl (C=O) groups excluding carboxylic acids is 1. The average Bonchev–Trinajstić information content (AvgIpc) is 2.74. The number of fused-ring (bicyclic) bond motifs is 1. The molecule has 1 aromatic heterocycles. The highest BCUT2D eigenvalue weighted by molar-refractivity contribution is 5.80. The molecule has 0 saturated carbocycles. The van der Waals surface area contributed by atoms with Crippen molar-refractivity contribution < 1.29 is 9.53 Å². The summed E-state index contributed by atoms with van der Waals surface area (Å²) in [5.74, 6) is -0.104. The number of rotatable bonds is 5. The molecule has 3 aromatic rings. The second-order valence-corrected chi connectivity index (χ2v) is 7.43. The number of aryl methyl sites for hydroxylation is 1. The van der Waals surface area contributed by atoms with Crippen LogP contribution in [0.3, 0.4) is 0 Å². The van der Waals surface area contributed by atoms with Crippen LogP contribution in [0.25, 0.3) is 10.9 Å². The van der Waals surface area contributed by atoms with E-state index in [1.54, 1.807) is 0 Å². The average molecular weight is 391 g/mol. The van der Waals surface area contributed by atoms with Gasteiger partial charge < -0.3 is 19.9 Å². The van der Waals surface area contributed by atoms with Gasteiger partial charge in [0, 0.05) is 36.4 Å². The molecule has 0 atom stereocenters. The van der Waals surface area contributed by atoms with Crippen molar-refractivity contribution in [2.75, 3.05) is 31.2 Å². The van der Waals surface area contributed by atoms with E-state index >= 15 is 0 Å². The van der Waals surface area contributed by atoms with Gasteiger partial charge in [0.2, 0.25) is 5.91 Å². The summed E-state index contributed by atoms with van der Waals surface area (Å²) in [5, 5.41) is 3.83. The van der Waals surface area contributed by atoms with Gasteiger partial charge in [-0.25, -0.2) is 0 Å². The Bertz CT molecular complexity index is 1070. The summed E-state index contributed by atoms with van der Waals surface area (Å²) in [6, 6.07) is 15.8. The number of aromatic amines is 1. The molecule has 1 aliphatic heterocycles. The van der Waals surface area contributed by atoms with Crippen LogP contribution in [-0.4, -0.2) is 37.2 Å². The summed E-state index contributed by atoms with van der Waals surface area (Å²) in [6.07, 6.45) is 0.286. The number of H-pyrrole nitrogens is 1. The Labute approximate surface area is 169 Å². The van der Waals surface area contributed by atoms with E-state index in [0.717, 1.165) is 54.0 Å². The van der Waals surface area contributed by atoms with Gasteiger partial charge in [0.25, 0.3) is 5.56 Å². The Morgan fingerprint density at radius 3 is 2.62 bits per heavy atom. The number of benzene rings is 2. The Balaban J connectivity index is 1.37. The van der Waals surface area contributed by atoms with Gasteiger partial charge in [-0.05, 0) is 48.2 Å². The smallest absolute Gasteiger partial charge is 0.253 e. The lowest BCUT2D eigenvalue weighted by Gasteiger charge is -2.28. The Kier molecular flexibility index (Phi) is 5.62. The fourth-order valence-corrected chi connectivity index (χ4v) is 3.59. The molecule has 1 saturated heterocycles. The molecule has 29 heavy (non-hydrogen) atoms. The van der Waals surface area contributed by atoms with E-state index in [2.05, 4.69) is 15.2 Å². The van der Waals surface area contributed by atoms with Crippen LogP contribution in [0.15, 0.2) is 53.3 Å². The number of hydrogen-bond donors (Lipinski definition) is 2. The lowest BCUT2D eigenvalue weighted by Crippen LogP contribution is -2.36. The van der Waals surface area contributed by atoms with E-state index < -0.39 is 0 Å².